The Bertz CT molecular complexity index is 1100. The van der Waals surface area contributed by atoms with E-state index in [1.54, 1.807) is 33.7 Å². The van der Waals surface area contributed by atoms with Gasteiger partial charge in [0, 0.05) is 18.3 Å². The molecule has 218 valence electrons. The molecule has 3 fully saturated rings. The van der Waals surface area contributed by atoms with Gasteiger partial charge in [0.05, 0.1) is 35.8 Å². The third-order valence-electron chi connectivity index (χ3n) is 9.21. The number of esters is 1. The first-order chi connectivity index (χ1) is 19.3. The van der Waals surface area contributed by atoms with E-state index in [1.807, 2.05) is 44.2 Å². The van der Waals surface area contributed by atoms with Gasteiger partial charge >= 0.3 is 5.97 Å². The fourth-order valence-corrected chi connectivity index (χ4v) is 9.43. The number of benzene rings is 1. The molecular formula is C32H44N2O5S. The molecule has 1 N–H and O–H groups in total. The Morgan fingerprint density at radius 3 is 2.62 bits per heavy atom. The summed E-state index contributed by atoms with van der Waals surface area (Å²) in [5, 5.41) is 10.5. The molecule has 3 aliphatic rings. The highest BCUT2D eigenvalue weighted by atomic mass is 32.2. The number of nitrogens with zero attached hydrogens (tertiary/aromatic N) is 2. The Morgan fingerprint density at radius 2 is 2.00 bits per heavy atom. The van der Waals surface area contributed by atoms with E-state index in [0.29, 0.717) is 19.5 Å². The third-order valence-corrected chi connectivity index (χ3v) is 11.3. The van der Waals surface area contributed by atoms with Crippen LogP contribution in [0.3, 0.4) is 0 Å². The summed E-state index contributed by atoms with van der Waals surface area (Å²) in [6, 6.07) is 8.47. The average molecular weight is 569 g/mol. The van der Waals surface area contributed by atoms with Crippen molar-refractivity contribution >= 4 is 29.5 Å². The van der Waals surface area contributed by atoms with Crippen LogP contribution in [0.25, 0.3) is 0 Å². The number of ether oxygens (including phenoxy) is 1. The zero-order valence-corrected chi connectivity index (χ0v) is 24.9. The number of fused-ring (bicyclic) bond motifs is 1. The predicted molar refractivity (Wildman–Crippen MR) is 158 cm³/mol. The number of aliphatic hydroxyl groups excluding tert-OH is 1. The number of hydrogen-bond acceptors (Lipinski definition) is 6. The fraction of sp³-hybridized carbons (Fsp3) is 0.594. The van der Waals surface area contributed by atoms with Crippen molar-refractivity contribution in [3.8, 4) is 0 Å². The number of amides is 2. The minimum absolute atomic E-state index is 0.0248. The van der Waals surface area contributed by atoms with Crippen LogP contribution in [-0.2, 0) is 25.7 Å². The lowest BCUT2D eigenvalue weighted by Gasteiger charge is -2.43. The zero-order chi connectivity index (χ0) is 29.0. The number of rotatable bonds is 14. The first-order valence-electron chi connectivity index (χ1n) is 14.6. The minimum atomic E-state index is -0.789. The van der Waals surface area contributed by atoms with Crippen LogP contribution in [0.15, 0.2) is 55.6 Å². The van der Waals surface area contributed by atoms with E-state index >= 15 is 0 Å². The molecule has 1 aromatic rings. The Morgan fingerprint density at radius 1 is 1.27 bits per heavy atom. The molecule has 4 rings (SSSR count). The Hall–Kier alpha value is -2.58. The molecule has 2 amide bonds. The lowest BCUT2D eigenvalue weighted by atomic mass is 9.66. The Kier molecular flexibility index (Phi) is 9.83. The number of allylic oxidation sites excluding steroid dienone is 1. The number of aliphatic hydroxyl groups is 1. The van der Waals surface area contributed by atoms with Gasteiger partial charge in [-0.3, -0.25) is 14.4 Å². The molecule has 3 aliphatic heterocycles. The number of unbranched alkanes of at least 4 members (excludes halogenated alkanes) is 1. The maximum atomic E-state index is 14.7. The highest BCUT2D eigenvalue weighted by Gasteiger charge is 2.77. The summed E-state index contributed by atoms with van der Waals surface area (Å²) in [7, 11) is 0. The minimum Gasteiger partial charge on any atom is -0.465 e. The standard InChI is InChI=1S/C32H44N2O5S/c1-6-9-13-17-39-31(38)26-25-18-22(5)32(40-25)27(26)29(36)34(24(20-35)21(4)8-3)28(32)30(37)33(16-7-2)19-23-14-11-10-12-15-23/h6-7,10-12,14-15,21-22,24-28,35H,1-2,8-9,13,16-20H2,3-5H3/t21-,22?,24-,25-,26+,27-,28?,32?/m0/s1. The van der Waals surface area contributed by atoms with Crippen LogP contribution in [0.2, 0.25) is 0 Å². The van der Waals surface area contributed by atoms with Gasteiger partial charge in [-0.2, -0.15) is 0 Å². The van der Waals surface area contributed by atoms with Crippen LogP contribution >= 0.6 is 11.8 Å². The predicted octanol–water partition coefficient (Wildman–Crippen LogP) is 4.45. The van der Waals surface area contributed by atoms with Gasteiger partial charge in [-0.1, -0.05) is 69.7 Å². The Balaban J connectivity index is 1.76. The van der Waals surface area contributed by atoms with Gasteiger partial charge in [-0.25, -0.2) is 0 Å². The molecule has 8 heteroatoms. The van der Waals surface area contributed by atoms with Crippen molar-refractivity contribution in [3.05, 3.63) is 61.2 Å². The number of hydrogen-bond donors (Lipinski definition) is 1. The monoisotopic (exact) mass is 568 g/mol. The smallest absolute Gasteiger partial charge is 0.310 e. The molecular weight excluding hydrogens is 524 g/mol. The molecule has 40 heavy (non-hydrogen) atoms. The van der Waals surface area contributed by atoms with Gasteiger partial charge in [0.1, 0.15) is 6.04 Å². The quantitative estimate of drug-likeness (QED) is 0.203. The molecule has 0 radical (unpaired) electrons. The molecule has 1 aromatic carbocycles. The molecule has 7 nitrogen and oxygen atoms in total. The van der Waals surface area contributed by atoms with Crippen molar-refractivity contribution in [2.45, 2.75) is 75.1 Å². The first-order valence-corrected chi connectivity index (χ1v) is 15.5. The normalized spacial score (nSPS) is 30.1. The largest absolute Gasteiger partial charge is 0.465 e. The van der Waals surface area contributed by atoms with Crippen LogP contribution in [-0.4, -0.2) is 74.5 Å². The second-order valence-electron chi connectivity index (χ2n) is 11.5. The topological polar surface area (TPSA) is 87.2 Å². The van der Waals surface area contributed by atoms with Crippen molar-refractivity contribution in [1.82, 2.24) is 9.80 Å². The van der Waals surface area contributed by atoms with Crippen LogP contribution in [0.5, 0.6) is 0 Å². The number of thioether (sulfide) groups is 1. The van der Waals surface area contributed by atoms with Crippen molar-refractivity contribution in [3.63, 3.8) is 0 Å². The summed E-state index contributed by atoms with van der Waals surface area (Å²) in [6.45, 7) is 14.5. The maximum Gasteiger partial charge on any atom is 0.310 e. The lowest BCUT2D eigenvalue weighted by Crippen LogP contribution is -2.60. The van der Waals surface area contributed by atoms with E-state index in [4.69, 9.17) is 4.74 Å². The SMILES string of the molecule is C=CCCCOC(=O)[C@@H]1[C@@H]2CC(C)C3(S2)C(C(=O)N(CC=C)Cc2ccccc2)N([C@@H](CO)[C@@H](C)CC)C(=O)[C@H]13. The second kappa shape index (κ2) is 12.9. The van der Waals surface area contributed by atoms with Gasteiger partial charge in [0.15, 0.2) is 0 Å². The molecule has 1 spiro atoms. The van der Waals surface area contributed by atoms with E-state index in [1.165, 1.54) is 0 Å². The van der Waals surface area contributed by atoms with Crippen LogP contribution in [0.4, 0.5) is 0 Å². The Labute approximate surface area is 243 Å². The first kappa shape index (κ1) is 30.4. The van der Waals surface area contributed by atoms with Crippen molar-refractivity contribution in [1.29, 1.82) is 0 Å². The second-order valence-corrected chi connectivity index (χ2v) is 13.1. The fourth-order valence-electron chi connectivity index (χ4n) is 7.04. The van der Waals surface area contributed by atoms with Gasteiger partial charge in [-0.05, 0) is 36.7 Å². The van der Waals surface area contributed by atoms with E-state index < -0.39 is 28.7 Å². The molecule has 8 atom stereocenters. The summed E-state index contributed by atoms with van der Waals surface area (Å²) in [4.78, 5) is 46.1. The summed E-state index contributed by atoms with van der Waals surface area (Å²) in [5.41, 5.74) is 0.987. The average Bonchev–Trinajstić information content (AvgIpc) is 3.55. The molecule has 2 bridgehead atoms. The number of carbonyl (C=O) groups is 3. The van der Waals surface area contributed by atoms with Crippen molar-refractivity contribution in [2.75, 3.05) is 19.8 Å². The molecule has 3 unspecified atom stereocenters. The van der Waals surface area contributed by atoms with Gasteiger partial charge in [0.25, 0.3) is 0 Å². The number of likely N-dealkylation sites (tertiary alicyclic amines) is 1. The van der Waals surface area contributed by atoms with Gasteiger partial charge in [0.2, 0.25) is 11.8 Å². The van der Waals surface area contributed by atoms with Crippen LogP contribution in [0.1, 0.15) is 52.0 Å². The highest BCUT2D eigenvalue weighted by Crippen LogP contribution is 2.69. The van der Waals surface area contributed by atoms with E-state index in [2.05, 4.69) is 20.1 Å². The molecule has 3 saturated heterocycles. The molecule has 0 saturated carbocycles. The third kappa shape index (κ3) is 5.25. The van der Waals surface area contributed by atoms with Crippen molar-refractivity contribution < 1.29 is 24.2 Å². The lowest BCUT2D eigenvalue weighted by molar-refractivity contribution is -0.155. The van der Waals surface area contributed by atoms with E-state index in [9.17, 15) is 19.5 Å². The summed E-state index contributed by atoms with van der Waals surface area (Å²) >= 11 is 1.64. The van der Waals surface area contributed by atoms with Gasteiger partial charge < -0.3 is 19.6 Å². The highest BCUT2D eigenvalue weighted by molar-refractivity contribution is 8.02. The zero-order valence-electron chi connectivity index (χ0n) is 24.0. The van der Waals surface area contributed by atoms with E-state index in [-0.39, 0.29) is 48.1 Å². The van der Waals surface area contributed by atoms with E-state index in [0.717, 1.165) is 24.8 Å². The molecule has 0 aliphatic carbocycles. The van der Waals surface area contributed by atoms with Crippen LogP contribution in [0, 0.1) is 23.7 Å². The summed E-state index contributed by atoms with van der Waals surface area (Å²) in [5.74, 6) is -1.95. The van der Waals surface area contributed by atoms with Gasteiger partial charge in [-0.15, -0.1) is 24.9 Å². The van der Waals surface area contributed by atoms with Crippen LogP contribution < -0.4 is 0 Å². The summed E-state index contributed by atoms with van der Waals surface area (Å²) in [6.07, 6.45) is 6.42. The number of carbonyl (C=O) groups excluding carboxylic acids is 3. The molecule has 0 aromatic heterocycles. The van der Waals surface area contributed by atoms with Crippen molar-refractivity contribution in [2.24, 2.45) is 23.7 Å². The molecule has 3 heterocycles. The maximum absolute atomic E-state index is 14.7. The summed E-state index contributed by atoms with van der Waals surface area (Å²) < 4.78 is 4.93.